The summed E-state index contributed by atoms with van der Waals surface area (Å²) >= 11 is 0. The number of hydrogen-bond acceptors (Lipinski definition) is 4. The van der Waals surface area contributed by atoms with Crippen LogP contribution in [-0.2, 0) is 9.05 Å². The minimum atomic E-state index is -0.812. The van der Waals surface area contributed by atoms with E-state index in [0.29, 0.717) is 13.2 Å². The molecule has 13 heavy (non-hydrogen) atoms. The van der Waals surface area contributed by atoms with Crippen molar-refractivity contribution >= 4 is 8.38 Å². The van der Waals surface area contributed by atoms with Crippen LogP contribution in [0.5, 0.6) is 0 Å². The molecule has 0 aliphatic heterocycles. The van der Waals surface area contributed by atoms with Gasteiger partial charge in [-0.3, -0.25) is 0 Å². The maximum Gasteiger partial charge on any atom is 0.167 e. The first kappa shape index (κ1) is 12.8. The summed E-state index contributed by atoms with van der Waals surface area (Å²) in [5, 5.41) is 8.33. The van der Waals surface area contributed by atoms with Crippen LogP contribution in [0.1, 0.15) is 0 Å². The van der Waals surface area contributed by atoms with Crippen LogP contribution in [0, 0.1) is 0 Å². The third kappa shape index (κ3) is 9.77. The fraction of sp³-hybridized carbons (Fsp3) is 0.750. The molecule has 0 aromatic heterocycles. The standard InChI is InChI=1S/C8H18NO3P/c1-9(2)5-8-12-13(3)11-7-4-6-10/h4,6,10H,5,7-8H2,1-3H3/b6-4+. The monoisotopic (exact) mass is 207 g/mol. The van der Waals surface area contributed by atoms with Crippen molar-refractivity contribution < 1.29 is 14.2 Å². The van der Waals surface area contributed by atoms with Crippen LogP contribution in [-0.4, -0.2) is 50.5 Å². The van der Waals surface area contributed by atoms with Crippen molar-refractivity contribution in [2.24, 2.45) is 0 Å². The van der Waals surface area contributed by atoms with Gasteiger partial charge in [-0.25, -0.2) is 0 Å². The Hall–Kier alpha value is -0.150. The van der Waals surface area contributed by atoms with Crippen molar-refractivity contribution in [3.8, 4) is 0 Å². The molecule has 0 fully saturated rings. The fourth-order valence-electron chi connectivity index (χ4n) is 0.580. The molecule has 5 heteroatoms. The Bertz CT molecular complexity index is 141. The van der Waals surface area contributed by atoms with E-state index >= 15 is 0 Å². The van der Waals surface area contributed by atoms with Gasteiger partial charge in [0.25, 0.3) is 0 Å². The van der Waals surface area contributed by atoms with Crippen molar-refractivity contribution in [1.82, 2.24) is 4.90 Å². The molecular formula is C8H18NO3P. The van der Waals surface area contributed by atoms with Crippen LogP contribution in [0.25, 0.3) is 0 Å². The zero-order valence-electron chi connectivity index (χ0n) is 8.43. The molecule has 1 N–H and O–H groups in total. The van der Waals surface area contributed by atoms with E-state index in [4.69, 9.17) is 14.2 Å². The maximum absolute atomic E-state index is 8.33. The molecule has 0 bridgehead atoms. The number of hydrogen-bond donors (Lipinski definition) is 1. The number of aliphatic hydroxyl groups excluding tert-OH is 1. The highest BCUT2D eigenvalue weighted by atomic mass is 31.2. The second-order valence-electron chi connectivity index (χ2n) is 2.76. The predicted octanol–water partition coefficient (Wildman–Crippen LogP) is 1.59. The molecule has 0 amide bonds. The van der Waals surface area contributed by atoms with Crippen LogP contribution < -0.4 is 0 Å². The van der Waals surface area contributed by atoms with Crippen molar-refractivity contribution in [2.45, 2.75) is 0 Å². The highest BCUT2D eigenvalue weighted by Crippen LogP contribution is 2.32. The maximum atomic E-state index is 8.33. The molecule has 1 atom stereocenters. The van der Waals surface area contributed by atoms with Gasteiger partial charge in [0.2, 0.25) is 0 Å². The van der Waals surface area contributed by atoms with Crippen molar-refractivity contribution in [3.05, 3.63) is 12.3 Å². The molecular weight excluding hydrogens is 189 g/mol. The minimum absolute atomic E-state index is 0.403. The highest BCUT2D eigenvalue weighted by molar-refractivity contribution is 7.46. The van der Waals surface area contributed by atoms with Crippen LogP contribution in [0.3, 0.4) is 0 Å². The third-order valence-electron chi connectivity index (χ3n) is 1.27. The lowest BCUT2D eigenvalue weighted by atomic mass is 10.6. The Kier molecular flexibility index (Phi) is 8.35. The van der Waals surface area contributed by atoms with Crippen LogP contribution in [0.2, 0.25) is 0 Å². The Morgan fingerprint density at radius 3 is 2.62 bits per heavy atom. The van der Waals surface area contributed by atoms with E-state index in [1.807, 2.05) is 20.8 Å². The smallest absolute Gasteiger partial charge is 0.167 e. The molecule has 0 spiro atoms. The molecule has 0 aromatic rings. The van der Waals surface area contributed by atoms with Gasteiger partial charge < -0.3 is 19.1 Å². The molecule has 0 saturated heterocycles. The van der Waals surface area contributed by atoms with Gasteiger partial charge in [0, 0.05) is 13.2 Å². The van der Waals surface area contributed by atoms with Gasteiger partial charge in [-0.1, -0.05) is 0 Å². The summed E-state index contributed by atoms with van der Waals surface area (Å²) in [6.07, 6.45) is 2.51. The van der Waals surface area contributed by atoms with Gasteiger partial charge >= 0.3 is 0 Å². The van der Waals surface area contributed by atoms with Crippen LogP contribution in [0.4, 0.5) is 0 Å². The number of nitrogens with zero attached hydrogens (tertiary/aromatic N) is 1. The highest BCUT2D eigenvalue weighted by Gasteiger charge is 2.01. The lowest BCUT2D eigenvalue weighted by Gasteiger charge is -2.14. The molecule has 0 heterocycles. The van der Waals surface area contributed by atoms with E-state index in [1.54, 1.807) is 0 Å². The van der Waals surface area contributed by atoms with Crippen molar-refractivity contribution in [2.75, 3.05) is 40.5 Å². The molecule has 78 valence electrons. The molecule has 0 aliphatic rings. The zero-order valence-corrected chi connectivity index (χ0v) is 9.33. The van der Waals surface area contributed by atoms with Gasteiger partial charge in [-0.2, -0.15) is 0 Å². The second-order valence-corrected chi connectivity index (χ2v) is 4.15. The first-order valence-corrected chi connectivity index (χ1v) is 5.72. The van der Waals surface area contributed by atoms with E-state index in [0.717, 1.165) is 12.8 Å². The largest absolute Gasteiger partial charge is 0.516 e. The summed E-state index contributed by atoms with van der Waals surface area (Å²) in [5.74, 6) is 0. The quantitative estimate of drug-likeness (QED) is 0.508. The molecule has 0 aromatic carbocycles. The first-order chi connectivity index (χ1) is 6.16. The average molecular weight is 207 g/mol. The number of aliphatic hydroxyl groups is 1. The summed E-state index contributed by atoms with van der Waals surface area (Å²) in [7, 11) is 3.18. The Balaban J connectivity index is 3.24. The normalized spacial score (nSPS) is 14.2. The van der Waals surface area contributed by atoms with Crippen LogP contribution in [0.15, 0.2) is 12.3 Å². The SMILES string of the molecule is CN(C)CCOP(C)OC/C=C/O. The van der Waals surface area contributed by atoms with E-state index < -0.39 is 8.38 Å². The molecule has 0 saturated carbocycles. The fourth-order valence-corrected chi connectivity index (χ4v) is 1.29. The Morgan fingerprint density at radius 2 is 2.08 bits per heavy atom. The van der Waals surface area contributed by atoms with Gasteiger partial charge in [0.1, 0.15) is 0 Å². The number of rotatable bonds is 7. The van der Waals surface area contributed by atoms with E-state index in [-0.39, 0.29) is 0 Å². The first-order valence-electron chi connectivity index (χ1n) is 4.10. The van der Waals surface area contributed by atoms with Gasteiger partial charge in [-0.15, -0.1) is 0 Å². The molecule has 1 unspecified atom stereocenters. The zero-order chi connectivity index (χ0) is 10.1. The molecule has 0 rings (SSSR count). The lowest BCUT2D eigenvalue weighted by molar-refractivity contribution is 0.239. The molecule has 0 aliphatic carbocycles. The van der Waals surface area contributed by atoms with E-state index in [9.17, 15) is 0 Å². The van der Waals surface area contributed by atoms with Gasteiger partial charge in [-0.05, 0) is 20.2 Å². The Morgan fingerprint density at radius 1 is 1.38 bits per heavy atom. The van der Waals surface area contributed by atoms with Crippen molar-refractivity contribution in [3.63, 3.8) is 0 Å². The third-order valence-corrected chi connectivity index (χ3v) is 2.33. The van der Waals surface area contributed by atoms with Gasteiger partial charge in [0.15, 0.2) is 8.38 Å². The van der Waals surface area contributed by atoms with E-state index in [2.05, 4.69) is 4.90 Å². The summed E-state index contributed by atoms with van der Waals surface area (Å²) in [6, 6.07) is 0. The number of likely N-dealkylation sites (N-methyl/N-ethyl adjacent to an activating group) is 1. The predicted molar refractivity (Wildman–Crippen MR) is 55.1 cm³/mol. The summed E-state index contributed by atoms with van der Waals surface area (Å²) < 4.78 is 10.6. The van der Waals surface area contributed by atoms with Crippen molar-refractivity contribution in [1.29, 1.82) is 0 Å². The minimum Gasteiger partial charge on any atom is -0.516 e. The average Bonchev–Trinajstić information content (AvgIpc) is 2.04. The summed E-state index contributed by atoms with van der Waals surface area (Å²) in [4.78, 5) is 2.05. The molecule has 0 radical (unpaired) electrons. The van der Waals surface area contributed by atoms with Crippen LogP contribution >= 0.6 is 8.38 Å². The molecule has 4 nitrogen and oxygen atoms in total. The lowest BCUT2D eigenvalue weighted by Crippen LogP contribution is -2.17. The summed E-state index contributed by atoms with van der Waals surface area (Å²) in [6.45, 7) is 3.88. The summed E-state index contributed by atoms with van der Waals surface area (Å²) in [5.41, 5.74) is 0. The topological polar surface area (TPSA) is 41.9 Å². The Labute approximate surface area is 81.1 Å². The second kappa shape index (κ2) is 8.45. The van der Waals surface area contributed by atoms with E-state index in [1.165, 1.54) is 6.08 Å². The van der Waals surface area contributed by atoms with Gasteiger partial charge in [0.05, 0.1) is 19.5 Å².